The minimum absolute atomic E-state index is 0.144. The summed E-state index contributed by atoms with van der Waals surface area (Å²) in [6.07, 6.45) is 1.30. The fourth-order valence-corrected chi connectivity index (χ4v) is 2.36. The third kappa shape index (κ3) is 2.91. The molecular formula is C12H14FN5OS. The van der Waals surface area contributed by atoms with Crippen LogP contribution in [0.4, 0.5) is 15.3 Å². The smallest absolute Gasteiger partial charge is 0.260 e. The van der Waals surface area contributed by atoms with Gasteiger partial charge in [0.05, 0.1) is 11.3 Å². The molecule has 2 rings (SSSR count). The molecule has 20 heavy (non-hydrogen) atoms. The number of nitrogens with one attached hydrogen (secondary N) is 2. The Bertz CT molecular complexity index is 628. The Morgan fingerprint density at radius 3 is 2.85 bits per heavy atom. The molecule has 6 nitrogen and oxygen atoms in total. The van der Waals surface area contributed by atoms with Crippen LogP contribution >= 0.6 is 11.3 Å². The van der Waals surface area contributed by atoms with Crippen molar-refractivity contribution in [1.29, 1.82) is 0 Å². The highest BCUT2D eigenvalue weighted by Crippen LogP contribution is 2.22. The first-order valence-electron chi connectivity index (χ1n) is 5.90. The molecule has 4 N–H and O–H groups in total. The maximum atomic E-state index is 13.9. The number of amides is 1. The van der Waals surface area contributed by atoms with E-state index in [2.05, 4.69) is 20.7 Å². The van der Waals surface area contributed by atoms with Crippen LogP contribution in [-0.4, -0.2) is 15.9 Å². The van der Waals surface area contributed by atoms with Gasteiger partial charge in [0.2, 0.25) is 0 Å². The van der Waals surface area contributed by atoms with Gasteiger partial charge in [0, 0.05) is 11.6 Å². The monoisotopic (exact) mass is 295 g/mol. The molecule has 0 saturated carbocycles. The molecule has 0 aliphatic heterocycles. The molecule has 0 aromatic carbocycles. The molecule has 0 bridgehead atoms. The summed E-state index contributed by atoms with van der Waals surface area (Å²) in [5.41, 5.74) is 2.83. The van der Waals surface area contributed by atoms with E-state index in [0.29, 0.717) is 5.13 Å². The van der Waals surface area contributed by atoms with Crippen molar-refractivity contribution in [2.45, 2.75) is 19.8 Å². The maximum Gasteiger partial charge on any atom is 0.260 e. The van der Waals surface area contributed by atoms with Gasteiger partial charge in [0.25, 0.3) is 5.91 Å². The Balaban J connectivity index is 2.19. The molecule has 106 valence electrons. The van der Waals surface area contributed by atoms with Gasteiger partial charge in [-0.3, -0.25) is 10.1 Å². The van der Waals surface area contributed by atoms with Crippen molar-refractivity contribution in [3.8, 4) is 0 Å². The molecule has 0 aliphatic carbocycles. The van der Waals surface area contributed by atoms with Crippen molar-refractivity contribution in [2.24, 2.45) is 5.84 Å². The van der Waals surface area contributed by atoms with Crippen LogP contribution in [0.3, 0.4) is 0 Å². The van der Waals surface area contributed by atoms with Crippen LogP contribution in [0, 0.1) is 5.82 Å². The topological polar surface area (TPSA) is 92.9 Å². The molecule has 1 amide bonds. The van der Waals surface area contributed by atoms with Gasteiger partial charge in [0.15, 0.2) is 16.8 Å². The number of pyridine rings is 1. The summed E-state index contributed by atoms with van der Waals surface area (Å²) in [6, 6.07) is 1.28. The van der Waals surface area contributed by atoms with Crippen molar-refractivity contribution in [3.05, 3.63) is 34.7 Å². The number of carbonyl (C=O) groups is 1. The number of aromatic nitrogens is 2. The van der Waals surface area contributed by atoms with Gasteiger partial charge in [-0.2, -0.15) is 0 Å². The summed E-state index contributed by atoms with van der Waals surface area (Å²) >= 11 is 1.30. The third-order valence-corrected chi connectivity index (χ3v) is 3.38. The van der Waals surface area contributed by atoms with Gasteiger partial charge in [-0.15, -0.1) is 11.3 Å². The second-order valence-corrected chi connectivity index (χ2v) is 5.21. The molecule has 2 heterocycles. The number of carbonyl (C=O) groups excluding carboxylic acids is 1. The van der Waals surface area contributed by atoms with Crippen molar-refractivity contribution < 1.29 is 9.18 Å². The maximum absolute atomic E-state index is 13.9. The van der Waals surface area contributed by atoms with E-state index in [0.717, 1.165) is 5.69 Å². The number of halogens is 1. The zero-order valence-electron chi connectivity index (χ0n) is 11.0. The third-order valence-electron chi connectivity index (χ3n) is 2.60. The molecule has 0 fully saturated rings. The molecule has 0 spiro atoms. The lowest BCUT2D eigenvalue weighted by atomic mass is 10.2. The van der Waals surface area contributed by atoms with E-state index in [4.69, 9.17) is 5.84 Å². The Morgan fingerprint density at radius 1 is 1.50 bits per heavy atom. The van der Waals surface area contributed by atoms with Crippen molar-refractivity contribution in [2.75, 3.05) is 10.7 Å². The van der Waals surface area contributed by atoms with E-state index >= 15 is 0 Å². The minimum Gasteiger partial charge on any atom is -0.306 e. The molecular weight excluding hydrogens is 281 g/mol. The highest BCUT2D eigenvalue weighted by Gasteiger charge is 2.17. The first-order valence-corrected chi connectivity index (χ1v) is 6.78. The highest BCUT2D eigenvalue weighted by atomic mass is 32.1. The number of nitrogen functional groups attached to an aromatic ring is 1. The van der Waals surface area contributed by atoms with Crippen molar-refractivity contribution >= 4 is 28.2 Å². The SMILES string of the molecule is CC(C)c1csc(NC(=O)c2ccnc(NN)c2F)n1. The number of hydrogen-bond acceptors (Lipinski definition) is 6. The van der Waals surface area contributed by atoms with Crippen molar-refractivity contribution in [1.82, 2.24) is 9.97 Å². The second kappa shape index (κ2) is 5.93. The Kier molecular flexibility index (Phi) is 4.26. The predicted molar refractivity (Wildman–Crippen MR) is 76.2 cm³/mol. The van der Waals surface area contributed by atoms with Crippen LogP contribution in [0.5, 0.6) is 0 Å². The van der Waals surface area contributed by atoms with E-state index in [1.54, 1.807) is 0 Å². The van der Waals surface area contributed by atoms with E-state index in [1.165, 1.54) is 23.6 Å². The number of thiazole rings is 1. The number of hydrazine groups is 1. The van der Waals surface area contributed by atoms with Crippen LogP contribution in [0.15, 0.2) is 17.6 Å². The molecule has 0 aliphatic rings. The van der Waals surface area contributed by atoms with E-state index in [9.17, 15) is 9.18 Å². The normalized spacial score (nSPS) is 10.7. The number of anilines is 2. The molecule has 0 unspecified atom stereocenters. The largest absolute Gasteiger partial charge is 0.306 e. The number of nitrogens with two attached hydrogens (primary N) is 1. The minimum atomic E-state index is -0.798. The van der Waals surface area contributed by atoms with Crippen LogP contribution < -0.4 is 16.6 Å². The second-order valence-electron chi connectivity index (χ2n) is 4.35. The molecule has 0 radical (unpaired) electrons. The van der Waals surface area contributed by atoms with Crippen LogP contribution in [0.2, 0.25) is 0 Å². The van der Waals surface area contributed by atoms with Crippen molar-refractivity contribution in [3.63, 3.8) is 0 Å². The van der Waals surface area contributed by atoms with Gasteiger partial charge in [0.1, 0.15) is 0 Å². The van der Waals surface area contributed by atoms with Gasteiger partial charge < -0.3 is 5.43 Å². The summed E-state index contributed by atoms with van der Waals surface area (Å²) < 4.78 is 13.9. The summed E-state index contributed by atoms with van der Waals surface area (Å²) in [5, 5.41) is 4.84. The fourth-order valence-electron chi connectivity index (χ4n) is 1.49. The zero-order chi connectivity index (χ0) is 14.7. The average Bonchev–Trinajstić information content (AvgIpc) is 2.87. The standard InChI is InChI=1S/C12H14FN5OS/c1-6(2)8-5-20-12(16-8)17-11(19)7-3-4-15-10(18-14)9(7)13/h3-6H,14H2,1-2H3,(H,15,18)(H,16,17,19). The number of rotatable bonds is 4. The number of nitrogens with zero attached hydrogens (tertiary/aromatic N) is 2. The Morgan fingerprint density at radius 2 is 2.25 bits per heavy atom. The summed E-state index contributed by atoms with van der Waals surface area (Å²) in [6.45, 7) is 4.00. The van der Waals surface area contributed by atoms with Gasteiger partial charge >= 0.3 is 0 Å². The molecule has 2 aromatic heterocycles. The first-order chi connectivity index (χ1) is 9.52. The lowest BCUT2D eigenvalue weighted by molar-refractivity contribution is 0.102. The van der Waals surface area contributed by atoms with Crippen LogP contribution in [0.1, 0.15) is 35.8 Å². The number of hydrogen-bond donors (Lipinski definition) is 3. The fraction of sp³-hybridized carbons (Fsp3) is 0.250. The lowest BCUT2D eigenvalue weighted by Gasteiger charge is -2.06. The summed E-state index contributed by atoms with van der Waals surface area (Å²) in [4.78, 5) is 19.9. The van der Waals surface area contributed by atoms with Gasteiger partial charge in [-0.25, -0.2) is 20.2 Å². The van der Waals surface area contributed by atoms with E-state index in [1.807, 2.05) is 19.2 Å². The average molecular weight is 295 g/mol. The molecule has 0 atom stereocenters. The zero-order valence-corrected chi connectivity index (χ0v) is 11.8. The predicted octanol–water partition coefficient (Wildman–Crippen LogP) is 2.34. The molecule has 2 aromatic rings. The van der Waals surface area contributed by atoms with E-state index in [-0.39, 0.29) is 17.3 Å². The highest BCUT2D eigenvalue weighted by molar-refractivity contribution is 7.14. The summed E-state index contributed by atoms with van der Waals surface area (Å²) in [7, 11) is 0. The Labute approximate surface area is 119 Å². The van der Waals surface area contributed by atoms with Gasteiger partial charge in [-0.05, 0) is 12.0 Å². The lowest BCUT2D eigenvalue weighted by Crippen LogP contribution is -2.17. The molecule has 8 heteroatoms. The quantitative estimate of drug-likeness (QED) is 0.594. The van der Waals surface area contributed by atoms with Crippen LogP contribution in [0.25, 0.3) is 0 Å². The molecule has 0 saturated heterocycles. The summed E-state index contributed by atoms with van der Waals surface area (Å²) in [5.74, 6) is 3.81. The van der Waals surface area contributed by atoms with Gasteiger partial charge in [-0.1, -0.05) is 13.8 Å². The van der Waals surface area contributed by atoms with Crippen LogP contribution in [-0.2, 0) is 0 Å². The van der Waals surface area contributed by atoms with E-state index < -0.39 is 11.7 Å². The first kappa shape index (κ1) is 14.4. The Hall–Kier alpha value is -2.06.